The lowest BCUT2D eigenvalue weighted by atomic mass is 9.98. The van der Waals surface area contributed by atoms with Crippen LogP contribution in [0.25, 0.3) is 17.2 Å². The van der Waals surface area contributed by atoms with E-state index in [9.17, 15) is 23.5 Å². The maximum Gasteiger partial charge on any atom is 0.307 e. The molecular formula is C26H18F2O3. The quantitative estimate of drug-likeness (QED) is 0.519. The molecule has 5 heteroatoms. The second-order valence-electron chi connectivity index (χ2n) is 7.38. The van der Waals surface area contributed by atoms with Gasteiger partial charge in [-0.2, -0.15) is 0 Å². The summed E-state index contributed by atoms with van der Waals surface area (Å²) >= 11 is 0. The lowest BCUT2D eigenvalue weighted by molar-refractivity contribution is -0.135. The van der Waals surface area contributed by atoms with Crippen molar-refractivity contribution in [3.8, 4) is 0 Å². The number of ketones is 1. The highest BCUT2D eigenvalue weighted by molar-refractivity contribution is 6.10. The van der Waals surface area contributed by atoms with Gasteiger partial charge in [-0.3, -0.25) is 9.59 Å². The first-order valence-corrected chi connectivity index (χ1v) is 9.68. The van der Waals surface area contributed by atoms with Gasteiger partial charge in [-0.25, -0.2) is 8.78 Å². The van der Waals surface area contributed by atoms with Gasteiger partial charge in [0.05, 0.1) is 6.42 Å². The third-order valence-corrected chi connectivity index (χ3v) is 5.37. The van der Waals surface area contributed by atoms with Crippen LogP contribution >= 0.6 is 0 Å². The van der Waals surface area contributed by atoms with Gasteiger partial charge in [-0.1, -0.05) is 30.3 Å². The van der Waals surface area contributed by atoms with Crippen molar-refractivity contribution >= 4 is 29.0 Å². The first-order chi connectivity index (χ1) is 14.8. The Morgan fingerprint density at radius 1 is 0.839 bits per heavy atom. The summed E-state index contributed by atoms with van der Waals surface area (Å²) in [5.74, 6) is -2.00. The fraction of sp³-hybridized carbons (Fsp3) is 0.0769. The van der Waals surface area contributed by atoms with Crippen molar-refractivity contribution in [3.63, 3.8) is 0 Å². The third kappa shape index (κ3) is 4.08. The highest BCUT2D eigenvalue weighted by Crippen LogP contribution is 2.43. The standard InChI is InChI=1S/C26H18F2O3/c1-15-22(21-11-10-20(28)13-24(21)23(15)14-25(29)30)12-16-2-4-17(5-3-16)26(31)18-6-8-19(27)9-7-18/h2-13H,14H2,1H3,(H,29,30)/b22-12-. The van der Waals surface area contributed by atoms with Crippen molar-refractivity contribution in [2.75, 3.05) is 0 Å². The van der Waals surface area contributed by atoms with E-state index in [1.807, 2.05) is 13.0 Å². The van der Waals surface area contributed by atoms with E-state index in [2.05, 4.69) is 0 Å². The number of halogens is 2. The molecule has 0 aromatic heterocycles. The van der Waals surface area contributed by atoms with Crippen LogP contribution < -0.4 is 0 Å². The summed E-state index contributed by atoms with van der Waals surface area (Å²) in [6, 6.07) is 16.7. The molecule has 0 amide bonds. The molecular weight excluding hydrogens is 398 g/mol. The molecule has 0 spiro atoms. The largest absolute Gasteiger partial charge is 0.481 e. The van der Waals surface area contributed by atoms with E-state index in [1.54, 1.807) is 30.3 Å². The number of carbonyl (C=O) groups is 2. The predicted octanol–water partition coefficient (Wildman–Crippen LogP) is 6.00. The molecule has 0 bridgehead atoms. The van der Waals surface area contributed by atoms with Crippen LogP contribution in [0.15, 0.2) is 72.3 Å². The first-order valence-electron chi connectivity index (χ1n) is 9.68. The molecule has 3 aromatic rings. The zero-order valence-electron chi connectivity index (χ0n) is 16.7. The number of aliphatic carboxylic acids is 1. The first kappa shape index (κ1) is 20.4. The van der Waals surface area contributed by atoms with Crippen LogP contribution in [0.4, 0.5) is 8.78 Å². The Hall–Kier alpha value is -3.86. The molecule has 3 aromatic carbocycles. The Labute approximate surface area is 178 Å². The van der Waals surface area contributed by atoms with Gasteiger partial charge in [0.2, 0.25) is 0 Å². The zero-order chi connectivity index (χ0) is 22.1. The van der Waals surface area contributed by atoms with Crippen LogP contribution in [-0.4, -0.2) is 16.9 Å². The van der Waals surface area contributed by atoms with Crippen LogP contribution in [0.2, 0.25) is 0 Å². The van der Waals surface area contributed by atoms with Crippen molar-refractivity contribution in [1.29, 1.82) is 0 Å². The van der Waals surface area contributed by atoms with E-state index >= 15 is 0 Å². The minimum Gasteiger partial charge on any atom is -0.481 e. The maximum absolute atomic E-state index is 13.8. The summed E-state index contributed by atoms with van der Waals surface area (Å²) in [6.07, 6.45) is 1.71. The van der Waals surface area contributed by atoms with Gasteiger partial charge < -0.3 is 5.11 Å². The topological polar surface area (TPSA) is 54.4 Å². The van der Waals surface area contributed by atoms with Crippen LogP contribution in [-0.2, 0) is 4.79 Å². The van der Waals surface area contributed by atoms with Gasteiger partial charge in [0.25, 0.3) is 0 Å². The molecule has 0 radical (unpaired) electrons. The second kappa shape index (κ2) is 8.11. The second-order valence-corrected chi connectivity index (χ2v) is 7.38. The molecule has 1 aliphatic carbocycles. The Morgan fingerprint density at radius 3 is 2.03 bits per heavy atom. The zero-order valence-corrected chi connectivity index (χ0v) is 16.7. The number of carbonyl (C=O) groups excluding carboxylic acids is 1. The molecule has 3 nitrogen and oxygen atoms in total. The minimum absolute atomic E-state index is 0.190. The van der Waals surface area contributed by atoms with Crippen LogP contribution in [0.1, 0.15) is 46.0 Å². The van der Waals surface area contributed by atoms with E-state index < -0.39 is 17.6 Å². The Morgan fingerprint density at radius 2 is 1.42 bits per heavy atom. The normalized spacial score (nSPS) is 14.1. The lowest BCUT2D eigenvalue weighted by Gasteiger charge is -2.06. The molecule has 0 saturated carbocycles. The Balaban J connectivity index is 1.68. The average Bonchev–Trinajstić information content (AvgIpc) is 2.99. The number of fused-ring (bicyclic) bond motifs is 1. The molecule has 1 N–H and O–H groups in total. The number of carboxylic acid groups (broad SMARTS) is 1. The average molecular weight is 416 g/mol. The van der Waals surface area contributed by atoms with Crippen molar-refractivity contribution in [3.05, 3.63) is 112 Å². The molecule has 0 saturated heterocycles. The van der Waals surface area contributed by atoms with Crippen LogP contribution in [0.3, 0.4) is 0 Å². The van der Waals surface area contributed by atoms with Gasteiger partial charge in [-0.05, 0) is 82.8 Å². The maximum atomic E-state index is 13.8. The molecule has 0 aliphatic heterocycles. The van der Waals surface area contributed by atoms with Crippen LogP contribution in [0, 0.1) is 11.6 Å². The van der Waals surface area contributed by atoms with E-state index in [1.165, 1.54) is 36.4 Å². The van der Waals surface area contributed by atoms with E-state index in [-0.39, 0.29) is 12.2 Å². The van der Waals surface area contributed by atoms with Crippen LogP contribution in [0.5, 0.6) is 0 Å². The molecule has 4 rings (SSSR count). The number of hydrogen-bond acceptors (Lipinski definition) is 2. The number of benzene rings is 3. The molecule has 0 fully saturated rings. The molecule has 0 heterocycles. The summed E-state index contributed by atoms with van der Waals surface area (Å²) in [6.45, 7) is 1.83. The molecule has 1 aliphatic rings. The summed E-state index contributed by atoms with van der Waals surface area (Å²) in [4.78, 5) is 23.9. The SMILES string of the molecule is CC1=C(CC(=O)O)c2cc(F)ccc2/C1=C\c1ccc(C(=O)c2ccc(F)cc2)cc1. The summed E-state index contributed by atoms with van der Waals surface area (Å²) < 4.78 is 26.9. The van der Waals surface area contributed by atoms with Crippen molar-refractivity contribution in [2.45, 2.75) is 13.3 Å². The van der Waals surface area contributed by atoms with Gasteiger partial charge in [0, 0.05) is 11.1 Å². The number of rotatable bonds is 5. The molecule has 0 unspecified atom stereocenters. The Bertz CT molecular complexity index is 1250. The molecule has 0 atom stereocenters. The predicted molar refractivity (Wildman–Crippen MR) is 115 cm³/mol. The van der Waals surface area contributed by atoms with E-state index in [4.69, 9.17) is 0 Å². The number of allylic oxidation sites excluding steroid dienone is 2. The highest BCUT2D eigenvalue weighted by atomic mass is 19.1. The number of hydrogen-bond donors (Lipinski definition) is 1. The monoisotopic (exact) mass is 416 g/mol. The summed E-state index contributed by atoms with van der Waals surface area (Å²) in [5.41, 5.74) is 5.26. The van der Waals surface area contributed by atoms with E-state index in [0.717, 1.165) is 22.3 Å². The van der Waals surface area contributed by atoms with E-state index in [0.29, 0.717) is 22.3 Å². The number of carboxylic acids is 1. The summed E-state index contributed by atoms with van der Waals surface area (Å²) in [5, 5.41) is 9.25. The fourth-order valence-corrected chi connectivity index (χ4v) is 3.80. The van der Waals surface area contributed by atoms with Gasteiger partial charge >= 0.3 is 5.97 Å². The van der Waals surface area contributed by atoms with Gasteiger partial charge in [-0.15, -0.1) is 0 Å². The van der Waals surface area contributed by atoms with Crippen molar-refractivity contribution in [2.24, 2.45) is 0 Å². The molecule has 31 heavy (non-hydrogen) atoms. The van der Waals surface area contributed by atoms with Gasteiger partial charge in [0.15, 0.2) is 5.78 Å². The molecule has 154 valence electrons. The minimum atomic E-state index is -0.977. The summed E-state index contributed by atoms with van der Waals surface area (Å²) in [7, 11) is 0. The highest BCUT2D eigenvalue weighted by Gasteiger charge is 2.25. The smallest absolute Gasteiger partial charge is 0.307 e. The fourth-order valence-electron chi connectivity index (χ4n) is 3.80. The van der Waals surface area contributed by atoms with Crippen molar-refractivity contribution < 1.29 is 23.5 Å². The Kier molecular flexibility index (Phi) is 5.34. The third-order valence-electron chi connectivity index (χ3n) is 5.37. The van der Waals surface area contributed by atoms with Crippen molar-refractivity contribution in [1.82, 2.24) is 0 Å². The lowest BCUT2D eigenvalue weighted by Crippen LogP contribution is -2.01. The van der Waals surface area contributed by atoms with Gasteiger partial charge in [0.1, 0.15) is 11.6 Å².